The van der Waals surface area contributed by atoms with E-state index in [1.807, 2.05) is 36.4 Å². The number of hydrogen-bond acceptors (Lipinski definition) is 0. The Morgan fingerprint density at radius 2 is 1.20 bits per heavy atom. The molecule has 0 N–H and O–H groups in total. The molecule has 6 aromatic rings. The summed E-state index contributed by atoms with van der Waals surface area (Å²) < 4.78 is 1.31. The van der Waals surface area contributed by atoms with Crippen LogP contribution in [0.5, 0.6) is 0 Å². The van der Waals surface area contributed by atoms with Crippen molar-refractivity contribution < 1.29 is 24.2 Å². The number of fused-ring (bicyclic) bond motifs is 5. The number of hydrogen-bond donors (Lipinski definition) is 0. The van der Waals surface area contributed by atoms with Crippen molar-refractivity contribution in [3.8, 4) is 11.1 Å². The summed E-state index contributed by atoms with van der Waals surface area (Å²) >= 11 is 14.1. The van der Waals surface area contributed by atoms with Crippen molar-refractivity contribution in [2.75, 3.05) is 0 Å². The summed E-state index contributed by atoms with van der Waals surface area (Å²) in [6.07, 6.45) is 11.0. The van der Waals surface area contributed by atoms with Crippen LogP contribution in [-0.2, 0) is 41.5 Å². The SMILES string of the molecule is CC(C)(C)c1[c-]c2c(cc1)-c1ccc(C(C)(C)C)cc1C2.Clc1ccc([C](=[Zr+2])c2ccc(Cl)c3ccccc23)c2ccccc12.[C-]1=CC=CC1. The number of allylic oxidation sites excluding steroid dienone is 4. The van der Waals surface area contributed by atoms with Crippen LogP contribution in [0.1, 0.15) is 81.3 Å². The van der Waals surface area contributed by atoms with Crippen LogP contribution in [0.4, 0.5) is 0 Å². The molecule has 0 amide bonds. The molecule has 0 radical (unpaired) electrons. The van der Waals surface area contributed by atoms with E-state index >= 15 is 0 Å². The number of benzene rings is 6. The first-order valence-corrected chi connectivity index (χ1v) is 19.2. The van der Waals surface area contributed by atoms with Crippen LogP contribution in [0.25, 0.3) is 32.7 Å². The van der Waals surface area contributed by atoms with Crippen LogP contribution < -0.4 is 0 Å². The summed E-state index contributed by atoms with van der Waals surface area (Å²) in [5.74, 6) is 0. The smallest absolute Gasteiger partial charge is 0.109 e. The normalized spacial score (nSPS) is 13.0. The zero-order chi connectivity index (χ0) is 35.6. The standard InChI is InChI=1S/C21H12Cl2.C21H25.C5H5.Zr/c22-20-11-9-14(16-5-1-3-7-18(16)20)13-15-10-12-21(23)19-8-4-2-6-17(15)19;1-20(2,3)16-7-9-18-14(12-16)11-15-13-17(21(4,5)6)8-10-19(15)18;1-2-4-5-3-1;/h1-12H;7-10,12H,11H2,1-6H3;1-3H,4H2;/q;2*-1;+2. The molecular formula is C47H42Cl2Zr. The Morgan fingerprint density at radius 3 is 1.68 bits per heavy atom. The van der Waals surface area contributed by atoms with E-state index in [0.717, 1.165) is 33.7 Å². The predicted octanol–water partition coefficient (Wildman–Crippen LogP) is 13.4. The van der Waals surface area contributed by atoms with Crippen molar-refractivity contribution in [3.63, 3.8) is 0 Å². The van der Waals surface area contributed by atoms with Crippen LogP contribution in [0.15, 0.2) is 121 Å². The second kappa shape index (κ2) is 15.1. The van der Waals surface area contributed by atoms with Crippen LogP contribution in [-0.4, -0.2) is 3.21 Å². The second-order valence-electron chi connectivity index (χ2n) is 15.0. The van der Waals surface area contributed by atoms with Gasteiger partial charge in [-0.3, -0.25) is 6.08 Å². The largest absolute Gasteiger partial charge is 0.273 e. The molecule has 50 heavy (non-hydrogen) atoms. The van der Waals surface area contributed by atoms with Crippen molar-refractivity contribution in [2.45, 2.75) is 65.2 Å². The van der Waals surface area contributed by atoms with E-state index in [-0.39, 0.29) is 10.8 Å². The molecule has 0 aliphatic heterocycles. The molecule has 0 saturated carbocycles. The molecule has 0 bridgehead atoms. The third-order valence-electron chi connectivity index (χ3n) is 9.33. The monoisotopic (exact) mass is 766 g/mol. The number of halogens is 2. The summed E-state index contributed by atoms with van der Waals surface area (Å²) in [6.45, 7) is 13.6. The third kappa shape index (κ3) is 7.92. The molecule has 0 heterocycles. The van der Waals surface area contributed by atoms with Gasteiger partial charge in [0.25, 0.3) is 0 Å². The Balaban J connectivity index is 0.000000153. The fourth-order valence-electron chi connectivity index (χ4n) is 6.47. The molecule has 0 unspecified atom stereocenters. The summed E-state index contributed by atoms with van der Waals surface area (Å²) in [6, 6.07) is 40.0. The molecule has 0 saturated heterocycles. The van der Waals surface area contributed by atoms with Gasteiger partial charge in [-0.05, 0) is 28.4 Å². The quantitative estimate of drug-likeness (QED) is 0.154. The Kier molecular flexibility index (Phi) is 11.0. The van der Waals surface area contributed by atoms with Gasteiger partial charge in [0.1, 0.15) is 0 Å². The summed E-state index contributed by atoms with van der Waals surface area (Å²) in [5.41, 5.74) is 11.2. The minimum absolute atomic E-state index is 0.167. The molecule has 0 nitrogen and oxygen atoms in total. The van der Waals surface area contributed by atoms with Gasteiger partial charge in [0.2, 0.25) is 0 Å². The average molecular weight is 769 g/mol. The maximum Gasteiger partial charge on any atom is -0.109 e. The Morgan fingerprint density at radius 1 is 0.640 bits per heavy atom. The van der Waals surface area contributed by atoms with E-state index in [1.54, 1.807) is 0 Å². The van der Waals surface area contributed by atoms with Gasteiger partial charge in [-0.2, -0.15) is 29.8 Å². The van der Waals surface area contributed by atoms with Gasteiger partial charge < -0.3 is 0 Å². The van der Waals surface area contributed by atoms with E-state index in [9.17, 15) is 0 Å². The first-order chi connectivity index (χ1) is 23.8. The molecule has 0 spiro atoms. The molecule has 6 aromatic carbocycles. The van der Waals surface area contributed by atoms with E-state index in [2.05, 4.69) is 139 Å². The molecule has 0 fully saturated rings. The number of rotatable bonds is 2. The first-order valence-electron chi connectivity index (χ1n) is 17.2. The van der Waals surface area contributed by atoms with Gasteiger partial charge in [0, 0.05) is 0 Å². The molecule has 0 atom stereocenters. The first kappa shape index (κ1) is 36.4. The Hall–Kier alpha value is -3.35. The fraction of sp³-hybridized carbons (Fsp3) is 0.213. The molecule has 2 aliphatic rings. The van der Waals surface area contributed by atoms with E-state index < -0.39 is 0 Å². The van der Waals surface area contributed by atoms with Crippen LogP contribution in [0.3, 0.4) is 0 Å². The van der Waals surface area contributed by atoms with Crippen LogP contribution >= 0.6 is 23.2 Å². The maximum atomic E-state index is 6.38. The second-order valence-corrected chi connectivity index (χ2v) is 17.0. The summed E-state index contributed by atoms with van der Waals surface area (Å²) in [5, 5.41) is 6.15. The fourth-order valence-corrected chi connectivity index (χ4v) is 8.00. The van der Waals surface area contributed by atoms with Crippen molar-refractivity contribution in [1.29, 1.82) is 0 Å². The van der Waals surface area contributed by atoms with E-state index in [1.165, 1.54) is 82.7 Å². The van der Waals surface area contributed by atoms with Crippen LogP contribution in [0, 0.1) is 12.1 Å². The van der Waals surface area contributed by atoms with Crippen molar-refractivity contribution in [2.24, 2.45) is 0 Å². The molecule has 3 heteroatoms. The van der Waals surface area contributed by atoms with Crippen molar-refractivity contribution >= 4 is 48.0 Å². The minimum Gasteiger partial charge on any atom is -0.273 e. The molecule has 8 rings (SSSR count). The topological polar surface area (TPSA) is 0 Å². The molecule has 248 valence electrons. The molecule has 2 aliphatic carbocycles. The Labute approximate surface area is 323 Å². The Bertz CT molecular complexity index is 2120. The molecule has 0 aromatic heterocycles. The zero-order valence-corrected chi connectivity index (χ0v) is 33.7. The van der Waals surface area contributed by atoms with Gasteiger partial charge in [-0.25, -0.2) is 12.2 Å². The van der Waals surface area contributed by atoms with Crippen LogP contribution in [0.2, 0.25) is 10.0 Å². The average Bonchev–Trinajstić information content (AvgIpc) is 3.80. The van der Waals surface area contributed by atoms with Crippen molar-refractivity contribution in [1.82, 2.24) is 0 Å². The predicted molar refractivity (Wildman–Crippen MR) is 214 cm³/mol. The molecular weight excluding hydrogens is 727 g/mol. The summed E-state index contributed by atoms with van der Waals surface area (Å²) in [4.78, 5) is 0. The van der Waals surface area contributed by atoms with Crippen molar-refractivity contribution in [3.05, 3.63) is 177 Å². The van der Waals surface area contributed by atoms with Gasteiger partial charge in [0.05, 0.1) is 0 Å². The summed E-state index contributed by atoms with van der Waals surface area (Å²) in [7, 11) is 0. The van der Waals surface area contributed by atoms with Gasteiger partial charge in [0.15, 0.2) is 0 Å². The maximum absolute atomic E-state index is 6.38. The van der Waals surface area contributed by atoms with E-state index in [0.29, 0.717) is 0 Å². The zero-order valence-electron chi connectivity index (χ0n) is 29.7. The van der Waals surface area contributed by atoms with Gasteiger partial charge in [-0.1, -0.05) is 65.3 Å². The minimum atomic E-state index is 0.167. The van der Waals surface area contributed by atoms with Gasteiger partial charge >= 0.3 is 166 Å². The third-order valence-corrected chi connectivity index (χ3v) is 11.3. The van der Waals surface area contributed by atoms with E-state index in [4.69, 9.17) is 23.2 Å². The van der Waals surface area contributed by atoms with Gasteiger partial charge in [-0.15, -0.1) is 17.5 Å².